The summed E-state index contributed by atoms with van der Waals surface area (Å²) in [7, 11) is 1.67. The summed E-state index contributed by atoms with van der Waals surface area (Å²) in [6.45, 7) is 0. The third kappa shape index (κ3) is 2.91. The van der Waals surface area contributed by atoms with Crippen LogP contribution in [0.2, 0.25) is 0 Å². The second-order valence-electron chi connectivity index (χ2n) is 5.72. The Kier molecular flexibility index (Phi) is 3.91. The molecule has 0 radical (unpaired) electrons. The van der Waals surface area contributed by atoms with Gasteiger partial charge in [-0.15, -0.1) is 10.2 Å². The molecule has 6 heteroatoms. The first kappa shape index (κ1) is 14.5. The van der Waals surface area contributed by atoms with Crippen LogP contribution in [0.3, 0.4) is 0 Å². The minimum absolute atomic E-state index is 0.647. The molecule has 0 bridgehead atoms. The monoisotopic (exact) mass is 326 g/mol. The van der Waals surface area contributed by atoms with Crippen LogP contribution in [0.15, 0.2) is 41.6 Å². The molecule has 0 amide bonds. The van der Waals surface area contributed by atoms with Crippen LogP contribution in [0.1, 0.15) is 25.7 Å². The molecule has 1 aliphatic carbocycles. The van der Waals surface area contributed by atoms with E-state index >= 15 is 0 Å². The number of hydrogen-bond acceptors (Lipinski definition) is 5. The predicted octanol–water partition coefficient (Wildman–Crippen LogP) is 3.83. The Balaban J connectivity index is 1.67. The molecule has 2 heterocycles. The average Bonchev–Trinajstić information content (AvgIpc) is 3.25. The number of benzene rings is 1. The molecule has 1 aliphatic rings. The molecule has 23 heavy (non-hydrogen) atoms. The van der Waals surface area contributed by atoms with Gasteiger partial charge in [0.25, 0.3) is 0 Å². The molecule has 3 aromatic rings. The van der Waals surface area contributed by atoms with Crippen LogP contribution in [0.5, 0.6) is 5.75 Å². The summed E-state index contributed by atoms with van der Waals surface area (Å²) in [5.74, 6) is 0.844. The topological polar surface area (TPSA) is 52.3 Å². The van der Waals surface area contributed by atoms with Gasteiger partial charge in [0, 0.05) is 10.8 Å². The third-order valence-corrected chi connectivity index (χ3v) is 5.46. The van der Waals surface area contributed by atoms with Crippen LogP contribution in [0, 0.1) is 0 Å². The summed E-state index contributed by atoms with van der Waals surface area (Å²) in [5.41, 5.74) is 2.76. The molecule has 4 rings (SSSR count). The molecule has 0 aliphatic heterocycles. The summed E-state index contributed by atoms with van der Waals surface area (Å²) in [4.78, 5) is 0. The summed E-state index contributed by atoms with van der Waals surface area (Å²) >= 11 is 1.80. The lowest BCUT2D eigenvalue weighted by Crippen LogP contribution is -2.00. The fourth-order valence-electron chi connectivity index (χ4n) is 2.91. The molecule has 0 spiro atoms. The molecule has 118 valence electrons. The first-order valence-electron chi connectivity index (χ1n) is 7.87. The van der Waals surface area contributed by atoms with Crippen LogP contribution >= 0.6 is 11.8 Å². The first-order valence-corrected chi connectivity index (χ1v) is 8.75. The van der Waals surface area contributed by atoms with E-state index in [0.717, 1.165) is 27.8 Å². The van der Waals surface area contributed by atoms with Crippen molar-refractivity contribution >= 4 is 17.4 Å². The van der Waals surface area contributed by atoms with Crippen LogP contribution in [0.4, 0.5) is 0 Å². The van der Waals surface area contributed by atoms with E-state index in [0.29, 0.717) is 5.25 Å². The maximum Gasteiger partial charge on any atom is 0.212 e. The third-order valence-electron chi connectivity index (χ3n) is 4.19. The van der Waals surface area contributed by atoms with E-state index in [4.69, 9.17) is 9.84 Å². The molecular weight excluding hydrogens is 308 g/mol. The number of methoxy groups -OCH3 is 1. The number of hydrogen-bond donors (Lipinski definition) is 0. The van der Waals surface area contributed by atoms with E-state index in [1.54, 1.807) is 18.9 Å². The van der Waals surface area contributed by atoms with Gasteiger partial charge in [-0.1, -0.05) is 24.6 Å². The number of fused-ring (bicyclic) bond motifs is 1. The van der Waals surface area contributed by atoms with Crippen molar-refractivity contribution in [1.82, 2.24) is 19.8 Å². The maximum atomic E-state index is 5.21. The van der Waals surface area contributed by atoms with E-state index in [1.165, 1.54) is 25.7 Å². The summed E-state index contributed by atoms with van der Waals surface area (Å²) in [5, 5.41) is 14.8. The standard InChI is InChI=1S/C17H18N4OS/c1-22-13-8-6-12(7-9-13)15-10-11-16-18-19-17(21(16)20-15)23-14-4-2-3-5-14/h6-11,14H,2-5H2,1H3. The lowest BCUT2D eigenvalue weighted by molar-refractivity contribution is 0.415. The zero-order valence-corrected chi connectivity index (χ0v) is 13.8. The number of rotatable bonds is 4. The lowest BCUT2D eigenvalue weighted by atomic mass is 10.1. The predicted molar refractivity (Wildman–Crippen MR) is 90.9 cm³/mol. The highest BCUT2D eigenvalue weighted by Crippen LogP contribution is 2.33. The molecule has 1 fully saturated rings. The summed E-state index contributed by atoms with van der Waals surface area (Å²) in [6.07, 6.45) is 5.16. The van der Waals surface area contributed by atoms with Crippen LogP contribution in [0.25, 0.3) is 16.9 Å². The van der Waals surface area contributed by atoms with E-state index in [2.05, 4.69) is 10.2 Å². The van der Waals surface area contributed by atoms with Crippen molar-refractivity contribution < 1.29 is 4.74 Å². The molecule has 0 atom stereocenters. The van der Waals surface area contributed by atoms with Crippen molar-refractivity contribution in [3.05, 3.63) is 36.4 Å². The summed E-state index contributed by atoms with van der Waals surface area (Å²) in [6, 6.07) is 11.9. The largest absolute Gasteiger partial charge is 0.497 e. The van der Waals surface area contributed by atoms with Crippen LogP contribution in [-0.4, -0.2) is 32.2 Å². The first-order chi connectivity index (χ1) is 11.3. The fourth-order valence-corrected chi connectivity index (χ4v) is 4.10. The molecule has 1 aromatic carbocycles. The second-order valence-corrected chi connectivity index (χ2v) is 6.99. The van der Waals surface area contributed by atoms with Crippen molar-refractivity contribution in [2.45, 2.75) is 36.1 Å². The molecule has 5 nitrogen and oxygen atoms in total. The Labute approximate surface area is 139 Å². The fraction of sp³-hybridized carbons (Fsp3) is 0.353. The van der Waals surface area contributed by atoms with Crippen molar-refractivity contribution in [2.24, 2.45) is 0 Å². The van der Waals surface area contributed by atoms with Gasteiger partial charge in [0.2, 0.25) is 5.16 Å². The van der Waals surface area contributed by atoms with Crippen molar-refractivity contribution in [1.29, 1.82) is 0 Å². The van der Waals surface area contributed by atoms with Crippen molar-refractivity contribution in [2.75, 3.05) is 7.11 Å². The van der Waals surface area contributed by atoms with Gasteiger partial charge < -0.3 is 4.74 Å². The van der Waals surface area contributed by atoms with E-state index in [9.17, 15) is 0 Å². The Bertz CT molecular complexity index is 809. The highest BCUT2D eigenvalue weighted by atomic mass is 32.2. The molecule has 0 unspecified atom stereocenters. The number of ether oxygens (including phenoxy) is 1. The van der Waals surface area contributed by atoms with Crippen molar-refractivity contribution in [3.8, 4) is 17.0 Å². The van der Waals surface area contributed by atoms with Gasteiger partial charge in [-0.25, -0.2) is 0 Å². The maximum absolute atomic E-state index is 5.21. The van der Waals surface area contributed by atoms with E-state index in [-0.39, 0.29) is 0 Å². The average molecular weight is 326 g/mol. The highest BCUT2D eigenvalue weighted by Gasteiger charge is 2.19. The van der Waals surface area contributed by atoms with Crippen LogP contribution in [-0.2, 0) is 0 Å². The second kappa shape index (κ2) is 6.20. The van der Waals surface area contributed by atoms with Gasteiger partial charge in [-0.2, -0.15) is 9.61 Å². The quantitative estimate of drug-likeness (QED) is 0.729. The van der Waals surface area contributed by atoms with Crippen molar-refractivity contribution in [3.63, 3.8) is 0 Å². The minimum atomic E-state index is 0.647. The Morgan fingerprint density at radius 2 is 1.83 bits per heavy atom. The van der Waals surface area contributed by atoms with Gasteiger partial charge in [-0.05, 0) is 49.2 Å². The Hall–Kier alpha value is -2.08. The smallest absolute Gasteiger partial charge is 0.212 e. The van der Waals surface area contributed by atoms with E-state index in [1.807, 2.05) is 40.9 Å². The lowest BCUT2D eigenvalue weighted by Gasteiger charge is -2.07. The van der Waals surface area contributed by atoms with Gasteiger partial charge in [0.05, 0.1) is 12.8 Å². The van der Waals surface area contributed by atoms with Gasteiger partial charge >= 0.3 is 0 Å². The Morgan fingerprint density at radius 1 is 1.04 bits per heavy atom. The highest BCUT2D eigenvalue weighted by molar-refractivity contribution is 7.99. The molecular formula is C17H18N4OS. The van der Waals surface area contributed by atoms with Gasteiger partial charge in [0.1, 0.15) is 5.75 Å². The molecule has 1 saturated carbocycles. The number of nitrogens with zero attached hydrogens (tertiary/aromatic N) is 4. The zero-order valence-electron chi connectivity index (χ0n) is 13.0. The minimum Gasteiger partial charge on any atom is -0.497 e. The molecule has 2 aromatic heterocycles. The van der Waals surface area contributed by atoms with Gasteiger partial charge in [0.15, 0.2) is 5.65 Å². The van der Waals surface area contributed by atoms with Gasteiger partial charge in [-0.3, -0.25) is 0 Å². The normalized spacial score (nSPS) is 15.3. The number of aromatic nitrogens is 4. The SMILES string of the molecule is COc1ccc(-c2ccc3nnc(SC4CCCC4)n3n2)cc1. The van der Waals surface area contributed by atoms with Crippen LogP contribution < -0.4 is 4.74 Å². The zero-order chi connectivity index (χ0) is 15.6. The molecule has 0 saturated heterocycles. The molecule has 0 N–H and O–H groups in total. The number of thioether (sulfide) groups is 1. The van der Waals surface area contributed by atoms with E-state index < -0.39 is 0 Å². The summed E-state index contributed by atoms with van der Waals surface area (Å²) < 4.78 is 7.07. The Morgan fingerprint density at radius 3 is 2.57 bits per heavy atom.